The van der Waals surface area contributed by atoms with E-state index in [4.69, 9.17) is 0 Å². The molecule has 2 atom stereocenters. The van der Waals surface area contributed by atoms with Crippen molar-refractivity contribution in [3.8, 4) is 0 Å². The summed E-state index contributed by atoms with van der Waals surface area (Å²) in [6.07, 6.45) is 1.64. The summed E-state index contributed by atoms with van der Waals surface area (Å²) in [5.74, 6) is 0.767. The quantitative estimate of drug-likeness (QED) is 0.902. The van der Waals surface area contributed by atoms with E-state index in [0.717, 1.165) is 31.7 Å². The van der Waals surface area contributed by atoms with Gasteiger partial charge in [0, 0.05) is 26.2 Å². The Kier molecular flexibility index (Phi) is 4.82. The molecule has 1 amide bonds. The minimum atomic E-state index is -0.281. The van der Waals surface area contributed by atoms with Crippen molar-refractivity contribution in [1.29, 1.82) is 0 Å². The summed E-state index contributed by atoms with van der Waals surface area (Å²) in [6, 6.07) is 6.34. The van der Waals surface area contributed by atoms with E-state index in [2.05, 4.69) is 15.6 Å². The van der Waals surface area contributed by atoms with Crippen LogP contribution in [0.2, 0.25) is 0 Å². The van der Waals surface area contributed by atoms with Crippen molar-refractivity contribution in [2.24, 2.45) is 11.8 Å². The Morgan fingerprint density at radius 2 is 2.04 bits per heavy atom. The van der Waals surface area contributed by atoms with Crippen LogP contribution in [0.1, 0.15) is 16.1 Å². The van der Waals surface area contributed by atoms with Gasteiger partial charge in [-0.15, -0.1) is 17.5 Å². The second-order valence-electron chi connectivity index (χ2n) is 6.32. The molecule has 2 saturated heterocycles. The van der Waals surface area contributed by atoms with E-state index < -0.39 is 0 Å². The fourth-order valence-electron chi connectivity index (χ4n) is 3.48. The fraction of sp³-hybridized carbons (Fsp3) is 0.438. The third-order valence-electron chi connectivity index (χ3n) is 4.67. The van der Waals surface area contributed by atoms with Gasteiger partial charge in [0.05, 0.1) is 12.7 Å². The highest BCUT2D eigenvalue weighted by atomic mass is 35.5. The van der Waals surface area contributed by atoms with Gasteiger partial charge in [-0.2, -0.15) is 0 Å². The Morgan fingerprint density at radius 1 is 1.29 bits per heavy atom. The third-order valence-corrected chi connectivity index (χ3v) is 4.67. The van der Waals surface area contributed by atoms with Gasteiger partial charge in [0.1, 0.15) is 5.82 Å². The minimum Gasteiger partial charge on any atom is -0.337 e. The van der Waals surface area contributed by atoms with Crippen LogP contribution >= 0.6 is 12.4 Å². The van der Waals surface area contributed by atoms with E-state index in [1.54, 1.807) is 16.9 Å². The number of likely N-dealkylation sites (tertiary alicyclic amines) is 1. The first-order valence-corrected chi connectivity index (χ1v) is 7.83. The van der Waals surface area contributed by atoms with E-state index in [0.29, 0.717) is 24.1 Å². The number of carbonyl (C=O) groups is 1. The molecule has 2 aliphatic rings. The number of fused-ring (bicyclic) bond motifs is 1. The molecule has 24 heavy (non-hydrogen) atoms. The molecule has 0 radical (unpaired) electrons. The number of benzene rings is 1. The minimum absolute atomic E-state index is 0. The second kappa shape index (κ2) is 6.86. The summed E-state index contributed by atoms with van der Waals surface area (Å²) in [5.41, 5.74) is 1.14. The van der Waals surface area contributed by atoms with Crippen molar-refractivity contribution in [1.82, 2.24) is 25.2 Å². The molecule has 1 aromatic carbocycles. The summed E-state index contributed by atoms with van der Waals surface area (Å²) in [7, 11) is 0. The average molecular weight is 352 g/mol. The highest BCUT2D eigenvalue weighted by Crippen LogP contribution is 2.27. The molecular weight excluding hydrogens is 333 g/mol. The predicted octanol–water partition coefficient (Wildman–Crippen LogP) is 1.18. The van der Waals surface area contributed by atoms with Crippen molar-refractivity contribution >= 4 is 18.3 Å². The number of hydrogen-bond acceptors (Lipinski definition) is 4. The summed E-state index contributed by atoms with van der Waals surface area (Å²) in [4.78, 5) is 14.4. The second-order valence-corrected chi connectivity index (χ2v) is 6.32. The number of nitrogens with one attached hydrogen (secondary N) is 1. The van der Waals surface area contributed by atoms with E-state index in [9.17, 15) is 9.18 Å². The highest BCUT2D eigenvalue weighted by molar-refractivity contribution is 5.92. The molecule has 1 N–H and O–H groups in total. The lowest BCUT2D eigenvalue weighted by Crippen LogP contribution is -2.32. The summed E-state index contributed by atoms with van der Waals surface area (Å²) >= 11 is 0. The van der Waals surface area contributed by atoms with Crippen molar-refractivity contribution in [2.75, 3.05) is 26.2 Å². The van der Waals surface area contributed by atoms with Crippen LogP contribution in [0.15, 0.2) is 30.5 Å². The zero-order chi connectivity index (χ0) is 15.8. The molecule has 3 heterocycles. The number of aromatic nitrogens is 3. The predicted molar refractivity (Wildman–Crippen MR) is 88.5 cm³/mol. The molecule has 128 valence electrons. The number of amides is 1. The Balaban J connectivity index is 0.00000169. The van der Waals surface area contributed by atoms with Gasteiger partial charge in [-0.05, 0) is 29.5 Å². The van der Waals surface area contributed by atoms with Crippen molar-refractivity contribution < 1.29 is 9.18 Å². The highest BCUT2D eigenvalue weighted by Gasteiger charge is 2.38. The summed E-state index contributed by atoms with van der Waals surface area (Å²) in [5, 5.41) is 11.3. The van der Waals surface area contributed by atoms with Gasteiger partial charge in [-0.25, -0.2) is 9.07 Å². The first-order valence-electron chi connectivity index (χ1n) is 7.83. The van der Waals surface area contributed by atoms with Gasteiger partial charge in [-0.3, -0.25) is 4.79 Å². The molecule has 6 nitrogen and oxygen atoms in total. The topological polar surface area (TPSA) is 63.1 Å². The zero-order valence-electron chi connectivity index (χ0n) is 13.1. The SMILES string of the molecule is Cl.O=C(c1cn(Cc2cccc(F)c2)nn1)N1C[C@H]2CNC[C@H]2C1. The average Bonchev–Trinajstić information content (AvgIpc) is 3.21. The van der Waals surface area contributed by atoms with E-state index >= 15 is 0 Å². The Labute approximate surface area is 145 Å². The molecule has 0 bridgehead atoms. The molecule has 2 aromatic rings. The van der Waals surface area contributed by atoms with Gasteiger partial charge >= 0.3 is 0 Å². The van der Waals surface area contributed by atoms with Gasteiger partial charge < -0.3 is 10.2 Å². The van der Waals surface area contributed by atoms with Crippen LogP contribution in [-0.2, 0) is 6.54 Å². The molecule has 4 rings (SSSR count). The normalized spacial score (nSPS) is 22.3. The lowest BCUT2D eigenvalue weighted by Gasteiger charge is -2.15. The number of halogens is 2. The molecule has 8 heteroatoms. The maximum absolute atomic E-state index is 13.2. The molecule has 0 aliphatic carbocycles. The molecule has 1 aromatic heterocycles. The van der Waals surface area contributed by atoms with Gasteiger partial charge in [0.15, 0.2) is 5.69 Å². The van der Waals surface area contributed by atoms with Crippen molar-refractivity contribution in [2.45, 2.75) is 6.54 Å². The van der Waals surface area contributed by atoms with Crippen LogP contribution in [0.25, 0.3) is 0 Å². The standard InChI is InChI=1S/C16H18FN5O.ClH/c17-14-3-1-2-11(4-14)7-22-10-15(19-20-22)16(23)21-8-12-5-18-6-13(12)9-21;/h1-4,10,12-13,18H,5-9H2;1H/t12-,13+;. The van der Waals surface area contributed by atoms with Gasteiger partial charge in [0.2, 0.25) is 0 Å². The van der Waals surface area contributed by atoms with Crippen LogP contribution < -0.4 is 5.32 Å². The molecule has 2 aliphatic heterocycles. The molecular formula is C16H19ClFN5O. The van der Waals surface area contributed by atoms with E-state index in [1.165, 1.54) is 12.1 Å². The lowest BCUT2D eigenvalue weighted by atomic mass is 10.0. The monoisotopic (exact) mass is 351 g/mol. The first-order chi connectivity index (χ1) is 11.2. The van der Waals surface area contributed by atoms with Crippen LogP contribution in [0.3, 0.4) is 0 Å². The van der Waals surface area contributed by atoms with E-state index in [-0.39, 0.29) is 24.1 Å². The van der Waals surface area contributed by atoms with Crippen molar-refractivity contribution in [3.05, 3.63) is 47.5 Å². The van der Waals surface area contributed by atoms with Gasteiger partial charge in [0.25, 0.3) is 5.91 Å². The molecule has 0 saturated carbocycles. The summed E-state index contributed by atoms with van der Waals surface area (Å²) in [6.45, 7) is 3.94. The third kappa shape index (κ3) is 3.27. The Bertz CT molecular complexity index is 725. The lowest BCUT2D eigenvalue weighted by molar-refractivity contribution is 0.0775. The Morgan fingerprint density at radius 3 is 2.75 bits per heavy atom. The summed E-state index contributed by atoms with van der Waals surface area (Å²) < 4.78 is 14.8. The van der Waals surface area contributed by atoms with E-state index in [1.807, 2.05) is 11.0 Å². The number of hydrogen-bond donors (Lipinski definition) is 1. The smallest absolute Gasteiger partial charge is 0.276 e. The van der Waals surface area contributed by atoms with Gasteiger partial charge in [-0.1, -0.05) is 17.3 Å². The Hall–Kier alpha value is -1.99. The first kappa shape index (κ1) is 16.9. The van der Waals surface area contributed by atoms with Crippen molar-refractivity contribution in [3.63, 3.8) is 0 Å². The molecule has 0 unspecified atom stereocenters. The van der Waals surface area contributed by atoms with Crippen LogP contribution in [-0.4, -0.2) is 52.0 Å². The largest absolute Gasteiger partial charge is 0.337 e. The number of carbonyl (C=O) groups excluding carboxylic acids is 1. The fourth-order valence-corrected chi connectivity index (χ4v) is 3.48. The van der Waals surface area contributed by atoms with Crippen LogP contribution in [0.5, 0.6) is 0 Å². The number of nitrogens with zero attached hydrogens (tertiary/aromatic N) is 4. The van der Waals surface area contributed by atoms with Crippen LogP contribution in [0, 0.1) is 17.7 Å². The molecule has 0 spiro atoms. The molecule has 2 fully saturated rings. The number of rotatable bonds is 3. The van der Waals surface area contributed by atoms with Crippen LogP contribution in [0.4, 0.5) is 4.39 Å². The maximum Gasteiger partial charge on any atom is 0.276 e. The maximum atomic E-state index is 13.2. The zero-order valence-corrected chi connectivity index (χ0v) is 13.9.